The highest BCUT2D eigenvalue weighted by molar-refractivity contribution is 14.1. The first-order chi connectivity index (χ1) is 14.9. The molecule has 0 radical (unpaired) electrons. The number of rotatable bonds is 6. The average molecular weight is 552 g/mol. The van der Waals surface area contributed by atoms with Crippen LogP contribution in [-0.2, 0) is 9.53 Å². The number of hydrogen-bond donors (Lipinski definition) is 0. The van der Waals surface area contributed by atoms with Crippen molar-refractivity contribution in [2.45, 2.75) is 6.92 Å². The second kappa shape index (κ2) is 10.2. The summed E-state index contributed by atoms with van der Waals surface area (Å²) >= 11 is 3.48. The van der Waals surface area contributed by atoms with E-state index in [2.05, 4.69) is 27.6 Å². The average Bonchev–Trinajstić information content (AvgIpc) is 3.03. The summed E-state index contributed by atoms with van der Waals surface area (Å²) in [6.45, 7) is 2.45. The van der Waals surface area contributed by atoms with Crippen LogP contribution in [0.4, 0.5) is 5.69 Å². The van der Waals surface area contributed by atoms with E-state index < -0.39 is 5.97 Å². The molecule has 0 N–H and O–H groups in total. The summed E-state index contributed by atoms with van der Waals surface area (Å²) in [5.41, 5.74) is 1.90. The lowest BCUT2D eigenvalue weighted by Crippen LogP contribution is -2.23. The second-order valence-corrected chi connectivity index (χ2v) is 8.55. The van der Waals surface area contributed by atoms with Crippen molar-refractivity contribution in [1.29, 1.82) is 0 Å². The third-order valence-electron chi connectivity index (χ3n) is 4.35. The first-order valence-electron chi connectivity index (χ1n) is 9.33. The summed E-state index contributed by atoms with van der Waals surface area (Å²) in [5, 5.41) is 0.551. The Hall–Kier alpha value is -2.53. The fourth-order valence-electron chi connectivity index (χ4n) is 2.81. The normalized spacial score (nSPS) is 16.2. The number of amidine groups is 1. The first-order valence-corrected chi connectivity index (χ1v) is 11.2. The van der Waals surface area contributed by atoms with Gasteiger partial charge in [-0.05, 0) is 89.3 Å². The van der Waals surface area contributed by atoms with Crippen molar-refractivity contribution in [3.05, 3.63) is 56.0 Å². The Balaban J connectivity index is 1.87. The second-order valence-electron chi connectivity index (χ2n) is 6.37. The highest BCUT2D eigenvalue weighted by atomic mass is 127. The molecule has 1 aliphatic rings. The predicted octanol–water partition coefficient (Wildman–Crippen LogP) is 4.72. The SMILES string of the molecule is CCOc1c(I)cc(/C=C2/SC(=Nc3ccc(C(=O)OC)cc3)N(C)C2=O)cc1OC. The number of carbonyl (C=O) groups is 2. The van der Waals surface area contributed by atoms with Gasteiger partial charge in [-0.1, -0.05) is 0 Å². The topological polar surface area (TPSA) is 77.4 Å². The maximum absolute atomic E-state index is 12.7. The predicted molar refractivity (Wildman–Crippen MR) is 130 cm³/mol. The molecule has 0 unspecified atom stereocenters. The summed E-state index contributed by atoms with van der Waals surface area (Å²) in [7, 11) is 4.60. The van der Waals surface area contributed by atoms with Crippen molar-refractivity contribution in [1.82, 2.24) is 4.90 Å². The molecule has 0 atom stereocenters. The number of hydrogen-bond acceptors (Lipinski definition) is 7. The monoisotopic (exact) mass is 552 g/mol. The maximum atomic E-state index is 12.7. The summed E-state index contributed by atoms with van der Waals surface area (Å²) in [4.78, 5) is 30.9. The van der Waals surface area contributed by atoms with Gasteiger partial charge in [-0.25, -0.2) is 9.79 Å². The molecule has 0 spiro atoms. The number of benzene rings is 2. The van der Waals surface area contributed by atoms with Gasteiger partial charge in [-0.3, -0.25) is 9.69 Å². The van der Waals surface area contributed by atoms with E-state index in [9.17, 15) is 9.59 Å². The quantitative estimate of drug-likeness (QED) is 0.294. The molecule has 1 saturated heterocycles. The lowest BCUT2D eigenvalue weighted by Gasteiger charge is -2.12. The Morgan fingerprint density at radius 3 is 2.55 bits per heavy atom. The van der Waals surface area contributed by atoms with Gasteiger partial charge in [0.15, 0.2) is 16.7 Å². The molecule has 3 rings (SSSR count). The highest BCUT2D eigenvalue weighted by Gasteiger charge is 2.30. The number of amides is 1. The Bertz CT molecular complexity index is 1070. The molecule has 0 aliphatic carbocycles. The molecule has 1 amide bonds. The minimum Gasteiger partial charge on any atom is -0.493 e. The number of methoxy groups -OCH3 is 2. The molecule has 0 aromatic heterocycles. The smallest absolute Gasteiger partial charge is 0.337 e. The van der Waals surface area contributed by atoms with E-state index >= 15 is 0 Å². The van der Waals surface area contributed by atoms with Gasteiger partial charge < -0.3 is 14.2 Å². The van der Waals surface area contributed by atoms with Crippen LogP contribution in [0.5, 0.6) is 11.5 Å². The Morgan fingerprint density at radius 2 is 1.94 bits per heavy atom. The number of thioether (sulfide) groups is 1. The molecule has 1 heterocycles. The molecule has 2 aromatic carbocycles. The standard InChI is InChI=1S/C22H21IN2O5S/c1-5-30-19-16(23)10-13(11-17(19)28-3)12-18-20(26)25(2)22(31-18)24-15-8-6-14(7-9-15)21(27)29-4/h6-12H,5H2,1-4H3/b18-12+,24-22?. The lowest BCUT2D eigenvalue weighted by atomic mass is 10.2. The van der Waals surface area contributed by atoms with E-state index in [0.29, 0.717) is 39.4 Å². The summed E-state index contributed by atoms with van der Waals surface area (Å²) in [6, 6.07) is 10.5. The minimum absolute atomic E-state index is 0.141. The van der Waals surface area contributed by atoms with Crippen molar-refractivity contribution < 1.29 is 23.8 Å². The van der Waals surface area contributed by atoms with Crippen LogP contribution in [-0.4, -0.2) is 49.8 Å². The van der Waals surface area contributed by atoms with Crippen molar-refractivity contribution >= 4 is 63.2 Å². The van der Waals surface area contributed by atoms with Crippen LogP contribution in [0.1, 0.15) is 22.8 Å². The van der Waals surface area contributed by atoms with Gasteiger partial charge in [-0.2, -0.15) is 0 Å². The number of carbonyl (C=O) groups excluding carboxylic acids is 2. The van der Waals surface area contributed by atoms with Gasteiger partial charge in [0.25, 0.3) is 5.91 Å². The Morgan fingerprint density at radius 1 is 1.23 bits per heavy atom. The lowest BCUT2D eigenvalue weighted by molar-refractivity contribution is -0.121. The molecule has 1 fully saturated rings. The van der Waals surface area contributed by atoms with E-state index in [1.165, 1.54) is 23.8 Å². The van der Waals surface area contributed by atoms with Crippen LogP contribution in [0.15, 0.2) is 46.3 Å². The zero-order chi connectivity index (χ0) is 22.5. The third-order valence-corrected chi connectivity index (χ3v) is 6.22. The van der Waals surface area contributed by atoms with Gasteiger partial charge in [0.2, 0.25) is 0 Å². The Kier molecular flexibility index (Phi) is 7.60. The van der Waals surface area contributed by atoms with E-state index in [0.717, 1.165) is 9.13 Å². The molecule has 9 heteroatoms. The molecular formula is C22H21IN2O5S. The number of ether oxygens (including phenoxy) is 3. The summed E-state index contributed by atoms with van der Waals surface area (Å²) in [5.74, 6) is 0.752. The van der Waals surface area contributed by atoms with Crippen LogP contribution in [0.25, 0.3) is 6.08 Å². The first kappa shape index (κ1) is 23.1. The van der Waals surface area contributed by atoms with Crippen molar-refractivity contribution in [2.75, 3.05) is 27.9 Å². The van der Waals surface area contributed by atoms with E-state index in [4.69, 9.17) is 14.2 Å². The number of aliphatic imine (C=N–C) groups is 1. The summed E-state index contributed by atoms with van der Waals surface area (Å²) in [6.07, 6.45) is 1.81. The zero-order valence-corrected chi connectivity index (χ0v) is 20.4. The van der Waals surface area contributed by atoms with E-state index in [-0.39, 0.29) is 5.91 Å². The van der Waals surface area contributed by atoms with Crippen molar-refractivity contribution in [3.63, 3.8) is 0 Å². The third kappa shape index (κ3) is 5.21. The molecule has 2 aromatic rings. The van der Waals surface area contributed by atoms with Crippen molar-refractivity contribution in [3.8, 4) is 11.5 Å². The maximum Gasteiger partial charge on any atom is 0.337 e. The molecule has 7 nitrogen and oxygen atoms in total. The van der Waals surface area contributed by atoms with Gasteiger partial charge in [0.05, 0.1) is 40.6 Å². The highest BCUT2D eigenvalue weighted by Crippen LogP contribution is 2.37. The molecule has 1 aliphatic heterocycles. The van der Waals surface area contributed by atoms with Gasteiger partial charge in [0.1, 0.15) is 0 Å². The van der Waals surface area contributed by atoms with Crippen LogP contribution >= 0.6 is 34.4 Å². The van der Waals surface area contributed by atoms with Gasteiger partial charge >= 0.3 is 5.97 Å². The largest absolute Gasteiger partial charge is 0.493 e. The number of halogens is 1. The van der Waals surface area contributed by atoms with Crippen molar-refractivity contribution in [2.24, 2.45) is 4.99 Å². The fraction of sp³-hybridized carbons (Fsp3) is 0.227. The molecule has 0 bridgehead atoms. The van der Waals surface area contributed by atoms with Gasteiger partial charge in [-0.15, -0.1) is 0 Å². The number of likely N-dealkylation sites (N-methyl/N-ethyl adjacent to an activating group) is 1. The van der Waals surface area contributed by atoms with Crippen LogP contribution in [0, 0.1) is 3.57 Å². The van der Waals surface area contributed by atoms with E-state index in [1.807, 2.05) is 25.1 Å². The summed E-state index contributed by atoms with van der Waals surface area (Å²) < 4.78 is 16.7. The molecule has 0 saturated carbocycles. The number of nitrogens with zero attached hydrogens (tertiary/aromatic N) is 2. The van der Waals surface area contributed by atoms with Crippen LogP contribution < -0.4 is 9.47 Å². The van der Waals surface area contributed by atoms with Gasteiger partial charge in [0, 0.05) is 7.05 Å². The minimum atomic E-state index is -0.410. The Labute approximate surface area is 198 Å². The molecule has 31 heavy (non-hydrogen) atoms. The zero-order valence-electron chi connectivity index (χ0n) is 17.5. The molecular weight excluding hydrogens is 531 g/mol. The fourth-order valence-corrected chi connectivity index (χ4v) is 4.58. The number of esters is 1. The van der Waals surface area contributed by atoms with E-state index in [1.54, 1.807) is 38.4 Å². The van der Waals surface area contributed by atoms with Crippen LogP contribution in [0.3, 0.4) is 0 Å². The van der Waals surface area contributed by atoms with Crippen LogP contribution in [0.2, 0.25) is 0 Å². The molecule has 162 valence electrons.